The molecular weight excluding hydrogens is 552 g/mol. The number of carbonyl (C=O) groups is 2. The molecule has 0 saturated carbocycles. The van der Waals surface area contributed by atoms with Crippen molar-refractivity contribution < 1.29 is 22.7 Å². The van der Waals surface area contributed by atoms with Gasteiger partial charge in [0, 0.05) is 42.9 Å². The van der Waals surface area contributed by atoms with Crippen molar-refractivity contribution >= 4 is 21.7 Å². The highest BCUT2D eigenvalue weighted by molar-refractivity contribution is 7.90. The van der Waals surface area contributed by atoms with Crippen LogP contribution in [0.15, 0.2) is 83.8 Å². The van der Waals surface area contributed by atoms with Crippen LogP contribution >= 0.6 is 0 Å². The SMILES string of the molecule is COc1ccc(S(C)(=O)=O)cc1CNC1C2CCN(CC2C(=O)NCC(N)=O)C1C(c1ccccc1)c1ccccc1. The second-order valence-electron chi connectivity index (χ2n) is 11.2. The summed E-state index contributed by atoms with van der Waals surface area (Å²) < 4.78 is 30.3. The first-order valence-corrected chi connectivity index (χ1v) is 16.1. The van der Waals surface area contributed by atoms with E-state index in [2.05, 4.69) is 39.8 Å². The Morgan fingerprint density at radius 3 is 2.24 bits per heavy atom. The van der Waals surface area contributed by atoms with E-state index in [4.69, 9.17) is 10.5 Å². The van der Waals surface area contributed by atoms with Gasteiger partial charge in [-0.2, -0.15) is 0 Å². The molecule has 3 aliphatic heterocycles. The Labute approximate surface area is 247 Å². The van der Waals surface area contributed by atoms with Gasteiger partial charge in [0.15, 0.2) is 9.84 Å². The molecule has 0 aromatic heterocycles. The average molecular weight is 591 g/mol. The monoisotopic (exact) mass is 590 g/mol. The van der Waals surface area contributed by atoms with Crippen LogP contribution in [0.3, 0.4) is 0 Å². The van der Waals surface area contributed by atoms with Crippen LogP contribution in [0.1, 0.15) is 29.0 Å². The standard InChI is InChI=1S/C32H38N4O5S/c1-41-27-14-13-24(42(2,39)40)17-23(27)18-34-30-25-15-16-36(20-26(25)32(38)35-19-28(33)37)31(30)29(21-9-5-3-6-10-21)22-11-7-4-8-12-22/h3-14,17,25-26,29-31,34H,15-16,18-20H2,1-2H3,(H2,33,37)(H,35,38). The number of primary amides is 1. The van der Waals surface area contributed by atoms with E-state index in [0.29, 0.717) is 18.8 Å². The molecule has 9 nitrogen and oxygen atoms in total. The number of ether oxygens (including phenoxy) is 1. The van der Waals surface area contributed by atoms with Crippen molar-refractivity contribution in [3.8, 4) is 5.75 Å². The Morgan fingerprint density at radius 1 is 1.02 bits per heavy atom. The van der Waals surface area contributed by atoms with Crippen molar-refractivity contribution in [1.29, 1.82) is 0 Å². The first-order chi connectivity index (χ1) is 20.2. The fourth-order valence-corrected chi connectivity index (χ4v) is 7.38. The van der Waals surface area contributed by atoms with Gasteiger partial charge in [-0.15, -0.1) is 0 Å². The van der Waals surface area contributed by atoms with Crippen LogP contribution in [0.25, 0.3) is 0 Å². The molecule has 0 spiro atoms. The van der Waals surface area contributed by atoms with Gasteiger partial charge in [-0.3, -0.25) is 14.5 Å². The molecule has 5 unspecified atom stereocenters. The number of sulfone groups is 1. The first kappa shape index (κ1) is 29.8. The molecule has 6 rings (SSSR count). The molecule has 222 valence electrons. The van der Waals surface area contributed by atoms with E-state index in [1.165, 1.54) is 17.4 Å². The Bertz CT molecular complexity index is 1480. The zero-order chi connectivity index (χ0) is 29.9. The van der Waals surface area contributed by atoms with E-state index in [1.54, 1.807) is 25.3 Å². The van der Waals surface area contributed by atoms with Gasteiger partial charge in [-0.05, 0) is 48.2 Å². The van der Waals surface area contributed by atoms with E-state index in [-0.39, 0.29) is 47.2 Å². The predicted molar refractivity (Wildman–Crippen MR) is 161 cm³/mol. The van der Waals surface area contributed by atoms with Crippen molar-refractivity contribution in [2.24, 2.45) is 17.6 Å². The molecule has 3 fully saturated rings. The predicted octanol–water partition coefficient (Wildman–Crippen LogP) is 2.31. The Hall–Kier alpha value is -3.73. The number of piperidine rings is 3. The summed E-state index contributed by atoms with van der Waals surface area (Å²) in [4.78, 5) is 27.4. The van der Waals surface area contributed by atoms with Gasteiger partial charge in [0.1, 0.15) is 5.75 Å². The summed E-state index contributed by atoms with van der Waals surface area (Å²) in [5.41, 5.74) is 8.40. The number of hydrogen-bond donors (Lipinski definition) is 3. The van der Waals surface area contributed by atoms with Crippen LogP contribution < -0.4 is 21.1 Å². The fraction of sp³-hybridized carbons (Fsp3) is 0.375. The normalized spacial score (nSPS) is 23.5. The van der Waals surface area contributed by atoms with Gasteiger partial charge in [-0.25, -0.2) is 8.42 Å². The molecule has 4 N–H and O–H groups in total. The topological polar surface area (TPSA) is 131 Å². The molecule has 10 heteroatoms. The van der Waals surface area contributed by atoms with Crippen molar-refractivity contribution in [2.75, 3.05) is 33.0 Å². The number of nitrogens with zero attached hydrogens (tertiary/aromatic N) is 1. The smallest absolute Gasteiger partial charge is 0.236 e. The molecule has 3 aliphatic rings. The van der Waals surface area contributed by atoms with Gasteiger partial charge in [0.2, 0.25) is 11.8 Å². The molecule has 2 bridgehead atoms. The maximum absolute atomic E-state index is 13.3. The number of fused-ring (bicyclic) bond motifs is 3. The lowest BCUT2D eigenvalue weighted by Crippen LogP contribution is -2.69. The summed E-state index contributed by atoms with van der Waals surface area (Å²) in [6.07, 6.45) is 1.99. The summed E-state index contributed by atoms with van der Waals surface area (Å²) in [6.45, 7) is 1.57. The van der Waals surface area contributed by atoms with Gasteiger partial charge in [-0.1, -0.05) is 60.7 Å². The van der Waals surface area contributed by atoms with Crippen molar-refractivity contribution in [3.63, 3.8) is 0 Å². The molecule has 3 aromatic rings. The maximum Gasteiger partial charge on any atom is 0.236 e. The second-order valence-corrected chi connectivity index (χ2v) is 13.2. The molecule has 0 radical (unpaired) electrons. The van der Waals surface area contributed by atoms with Crippen LogP contribution in [-0.4, -0.2) is 70.2 Å². The Balaban J connectivity index is 1.54. The van der Waals surface area contributed by atoms with E-state index < -0.39 is 15.7 Å². The van der Waals surface area contributed by atoms with E-state index in [0.717, 1.165) is 18.5 Å². The highest BCUT2D eigenvalue weighted by Gasteiger charge is 2.52. The second kappa shape index (κ2) is 12.6. The number of carbonyl (C=O) groups excluding carboxylic acids is 2. The van der Waals surface area contributed by atoms with Crippen LogP contribution in [0.2, 0.25) is 0 Å². The van der Waals surface area contributed by atoms with Gasteiger partial charge in [0.05, 0.1) is 24.5 Å². The van der Waals surface area contributed by atoms with E-state index >= 15 is 0 Å². The van der Waals surface area contributed by atoms with Crippen molar-refractivity contribution in [1.82, 2.24) is 15.5 Å². The lowest BCUT2D eigenvalue weighted by molar-refractivity contribution is -0.136. The average Bonchev–Trinajstić information content (AvgIpc) is 3.00. The molecule has 3 aromatic carbocycles. The molecule has 5 atom stereocenters. The zero-order valence-electron chi connectivity index (χ0n) is 23.9. The zero-order valence-corrected chi connectivity index (χ0v) is 24.7. The van der Waals surface area contributed by atoms with Crippen LogP contribution in [-0.2, 0) is 26.0 Å². The number of nitrogens with two attached hydrogens (primary N) is 1. The molecule has 3 saturated heterocycles. The number of methoxy groups -OCH3 is 1. The highest BCUT2D eigenvalue weighted by atomic mass is 32.2. The summed E-state index contributed by atoms with van der Waals surface area (Å²) in [5, 5.41) is 6.48. The minimum atomic E-state index is -3.41. The number of nitrogens with one attached hydrogen (secondary N) is 2. The fourth-order valence-electron chi connectivity index (χ4n) is 6.71. The number of amides is 2. The Morgan fingerprint density at radius 2 is 1.67 bits per heavy atom. The van der Waals surface area contributed by atoms with Crippen molar-refractivity contribution in [3.05, 3.63) is 95.6 Å². The quantitative estimate of drug-likeness (QED) is 0.312. The van der Waals surface area contributed by atoms with Gasteiger partial charge < -0.3 is 21.1 Å². The summed E-state index contributed by atoms with van der Waals surface area (Å²) >= 11 is 0. The minimum Gasteiger partial charge on any atom is -0.496 e. The van der Waals surface area contributed by atoms with Gasteiger partial charge in [0.25, 0.3) is 0 Å². The molecule has 0 aliphatic carbocycles. The Kier molecular flexibility index (Phi) is 8.96. The molecular formula is C32H38N4O5S. The number of rotatable bonds is 11. The third-order valence-electron chi connectivity index (χ3n) is 8.59. The van der Waals surface area contributed by atoms with E-state index in [9.17, 15) is 18.0 Å². The third-order valence-corrected chi connectivity index (χ3v) is 9.70. The third kappa shape index (κ3) is 6.35. The van der Waals surface area contributed by atoms with Crippen LogP contribution in [0, 0.1) is 11.8 Å². The maximum atomic E-state index is 13.3. The van der Waals surface area contributed by atoms with Crippen LogP contribution in [0.4, 0.5) is 0 Å². The molecule has 42 heavy (non-hydrogen) atoms. The highest BCUT2D eigenvalue weighted by Crippen LogP contribution is 2.44. The molecule has 2 amide bonds. The number of benzene rings is 3. The van der Waals surface area contributed by atoms with E-state index in [1.807, 2.05) is 36.4 Å². The lowest BCUT2D eigenvalue weighted by Gasteiger charge is -2.56. The first-order valence-electron chi connectivity index (χ1n) is 14.2. The number of hydrogen-bond acceptors (Lipinski definition) is 7. The summed E-state index contributed by atoms with van der Waals surface area (Å²) in [5.74, 6) is -0.502. The van der Waals surface area contributed by atoms with Gasteiger partial charge >= 0.3 is 0 Å². The summed E-state index contributed by atoms with van der Waals surface area (Å²) in [7, 11) is -1.85. The summed E-state index contributed by atoms with van der Waals surface area (Å²) in [6, 6.07) is 25.6. The molecule has 3 heterocycles. The van der Waals surface area contributed by atoms with Crippen LogP contribution in [0.5, 0.6) is 5.75 Å². The van der Waals surface area contributed by atoms with Crippen molar-refractivity contribution in [2.45, 2.75) is 35.9 Å². The lowest BCUT2D eigenvalue weighted by atomic mass is 9.66. The largest absolute Gasteiger partial charge is 0.496 e. The minimum absolute atomic E-state index is 0.0119.